The summed E-state index contributed by atoms with van der Waals surface area (Å²) in [5.74, 6) is 5.98. The number of aromatic nitrogens is 1. The topological polar surface area (TPSA) is 94.8 Å². The molecule has 1 atom stereocenters. The lowest BCUT2D eigenvalue weighted by molar-refractivity contribution is 0.328. The van der Waals surface area contributed by atoms with Crippen molar-refractivity contribution < 1.29 is 8.42 Å². The monoisotopic (exact) mass is 454 g/mol. The van der Waals surface area contributed by atoms with Crippen molar-refractivity contribution in [2.24, 2.45) is 5.84 Å². The van der Waals surface area contributed by atoms with Crippen LogP contribution in [0.2, 0.25) is 0 Å². The average molecular weight is 455 g/mol. The molecule has 2 heterocycles. The molecular weight excluding hydrogens is 424 g/mol. The highest BCUT2D eigenvalue weighted by Gasteiger charge is 2.25. The fourth-order valence-electron chi connectivity index (χ4n) is 4.11. The predicted octanol–water partition coefficient (Wildman–Crippen LogP) is 2.72. The maximum Gasteiger partial charge on any atom is 0.316 e. The smallest absolute Gasteiger partial charge is 0.316 e. The van der Waals surface area contributed by atoms with Gasteiger partial charge in [0, 0.05) is 68.6 Å². The molecule has 1 aromatic heterocycles. The van der Waals surface area contributed by atoms with Crippen molar-refractivity contribution in [3.05, 3.63) is 66.0 Å². The van der Waals surface area contributed by atoms with Crippen LogP contribution in [0.5, 0.6) is 0 Å². The molecule has 0 saturated carbocycles. The van der Waals surface area contributed by atoms with Crippen molar-refractivity contribution in [1.82, 2.24) is 14.2 Å². The van der Waals surface area contributed by atoms with E-state index in [-0.39, 0.29) is 0 Å². The van der Waals surface area contributed by atoms with Gasteiger partial charge in [-0.15, -0.1) is 0 Å². The Morgan fingerprint density at radius 1 is 1.22 bits per heavy atom. The first-order valence-corrected chi connectivity index (χ1v) is 12.0. The summed E-state index contributed by atoms with van der Waals surface area (Å²) in [7, 11) is -0.801. The Labute approximate surface area is 189 Å². The van der Waals surface area contributed by atoms with Crippen LogP contribution in [0.15, 0.2) is 54.9 Å². The fraction of sp³-hybridized carbons (Fsp3) is 0.348. The van der Waals surface area contributed by atoms with E-state index >= 15 is 0 Å². The second-order valence-electron chi connectivity index (χ2n) is 8.47. The van der Waals surface area contributed by atoms with E-state index in [2.05, 4.69) is 27.3 Å². The van der Waals surface area contributed by atoms with Crippen LogP contribution in [0.1, 0.15) is 17.5 Å². The van der Waals surface area contributed by atoms with E-state index in [1.807, 2.05) is 49.6 Å². The minimum atomic E-state index is -3.74. The molecule has 8 nitrogen and oxygen atoms in total. The highest BCUT2D eigenvalue weighted by Crippen LogP contribution is 2.27. The van der Waals surface area contributed by atoms with Crippen LogP contribution < -0.4 is 15.6 Å². The number of benzene rings is 2. The van der Waals surface area contributed by atoms with Crippen molar-refractivity contribution in [3.8, 4) is 0 Å². The molecule has 9 heteroatoms. The second kappa shape index (κ2) is 9.03. The normalized spacial score (nSPS) is 17.2. The Morgan fingerprint density at radius 3 is 2.81 bits per heavy atom. The van der Waals surface area contributed by atoms with Gasteiger partial charge < -0.3 is 5.32 Å². The lowest BCUT2D eigenvalue weighted by Gasteiger charge is -2.25. The molecule has 1 fully saturated rings. The van der Waals surface area contributed by atoms with Gasteiger partial charge in [-0.1, -0.05) is 24.3 Å². The summed E-state index contributed by atoms with van der Waals surface area (Å²) in [6.07, 6.45) is 4.74. The minimum Gasteiger partial charge on any atom is -0.380 e. The standard InChI is InChI=1S/C23H30N6O2S/c1-17-7-8-18(13-23(17)29(24)32(30,31)27(2)3)15-28-12-10-20(16-28)26-22-6-4-5-19-14-25-11-9-21(19)22/h4-9,11,13-14,20,26H,10,12,15-16,24H2,1-3H3/t20-/m1/s1. The van der Waals surface area contributed by atoms with Crippen LogP contribution in [-0.4, -0.2) is 55.8 Å². The molecule has 1 aliphatic rings. The van der Waals surface area contributed by atoms with Crippen molar-refractivity contribution in [2.75, 3.05) is 36.9 Å². The zero-order chi connectivity index (χ0) is 22.9. The number of nitrogens with one attached hydrogen (secondary N) is 1. The summed E-state index contributed by atoms with van der Waals surface area (Å²) in [4.78, 5) is 6.58. The Balaban J connectivity index is 1.45. The molecular formula is C23H30N6O2S. The first-order chi connectivity index (χ1) is 15.3. The van der Waals surface area contributed by atoms with Crippen LogP contribution in [-0.2, 0) is 16.8 Å². The highest BCUT2D eigenvalue weighted by molar-refractivity contribution is 7.90. The predicted molar refractivity (Wildman–Crippen MR) is 129 cm³/mol. The van der Waals surface area contributed by atoms with Gasteiger partial charge in [0.2, 0.25) is 0 Å². The number of nitrogens with zero attached hydrogens (tertiary/aromatic N) is 4. The van der Waals surface area contributed by atoms with Crippen molar-refractivity contribution in [2.45, 2.75) is 25.9 Å². The second-order valence-corrected chi connectivity index (χ2v) is 10.5. The molecule has 1 saturated heterocycles. The number of anilines is 2. The van der Waals surface area contributed by atoms with Gasteiger partial charge in [0.15, 0.2) is 0 Å². The van der Waals surface area contributed by atoms with E-state index in [0.717, 1.165) is 57.0 Å². The molecule has 0 aliphatic carbocycles. The lowest BCUT2D eigenvalue weighted by atomic mass is 10.1. The maximum absolute atomic E-state index is 12.5. The summed E-state index contributed by atoms with van der Waals surface area (Å²) < 4.78 is 26.9. The molecule has 0 unspecified atom stereocenters. The first-order valence-electron chi connectivity index (χ1n) is 10.6. The number of hydrazine groups is 1. The van der Waals surface area contributed by atoms with E-state index in [4.69, 9.17) is 5.84 Å². The quantitative estimate of drug-likeness (QED) is 0.421. The molecule has 1 aliphatic heterocycles. The fourth-order valence-corrected chi connectivity index (χ4v) is 4.91. The third-order valence-corrected chi connectivity index (χ3v) is 7.56. The van der Waals surface area contributed by atoms with Gasteiger partial charge in [0.1, 0.15) is 0 Å². The Bertz CT molecular complexity index is 1210. The third-order valence-electron chi connectivity index (χ3n) is 5.94. The van der Waals surface area contributed by atoms with Crippen LogP contribution in [0.25, 0.3) is 10.8 Å². The van der Waals surface area contributed by atoms with E-state index in [9.17, 15) is 8.42 Å². The lowest BCUT2D eigenvalue weighted by Crippen LogP contribution is -2.45. The summed E-state index contributed by atoms with van der Waals surface area (Å²) in [6, 6.07) is 14.4. The van der Waals surface area contributed by atoms with Gasteiger partial charge in [-0.3, -0.25) is 9.88 Å². The zero-order valence-electron chi connectivity index (χ0n) is 18.7. The number of aryl methyl sites for hydroxylation is 1. The zero-order valence-corrected chi connectivity index (χ0v) is 19.5. The number of pyridine rings is 1. The Kier molecular flexibility index (Phi) is 6.34. The van der Waals surface area contributed by atoms with Gasteiger partial charge in [0.25, 0.3) is 0 Å². The van der Waals surface area contributed by atoms with Gasteiger partial charge in [-0.2, -0.15) is 17.1 Å². The molecule has 0 amide bonds. The van der Waals surface area contributed by atoms with Crippen LogP contribution >= 0.6 is 0 Å². The molecule has 3 N–H and O–H groups in total. The summed E-state index contributed by atoms with van der Waals surface area (Å²) in [5.41, 5.74) is 3.47. The third kappa shape index (κ3) is 4.56. The van der Waals surface area contributed by atoms with Gasteiger partial charge >= 0.3 is 10.2 Å². The minimum absolute atomic E-state index is 0.346. The maximum atomic E-state index is 12.5. The molecule has 4 rings (SSSR count). The molecule has 0 spiro atoms. The highest BCUT2D eigenvalue weighted by atomic mass is 32.2. The number of fused-ring (bicyclic) bond motifs is 1. The van der Waals surface area contributed by atoms with E-state index in [0.29, 0.717) is 11.7 Å². The van der Waals surface area contributed by atoms with Crippen LogP contribution in [0.4, 0.5) is 11.4 Å². The van der Waals surface area contributed by atoms with Gasteiger partial charge in [0.05, 0.1) is 5.69 Å². The van der Waals surface area contributed by atoms with E-state index in [1.54, 1.807) is 0 Å². The largest absolute Gasteiger partial charge is 0.380 e. The first kappa shape index (κ1) is 22.5. The van der Waals surface area contributed by atoms with Crippen molar-refractivity contribution in [1.29, 1.82) is 0 Å². The molecule has 2 aromatic carbocycles. The SMILES string of the molecule is Cc1ccc(CN2CC[C@@H](Nc3cccc4cnccc34)C2)cc1N(N)S(=O)(=O)N(C)C. The van der Waals surface area contributed by atoms with E-state index < -0.39 is 10.2 Å². The van der Waals surface area contributed by atoms with Gasteiger partial charge in [-0.05, 0) is 42.7 Å². The summed E-state index contributed by atoms with van der Waals surface area (Å²) in [6.45, 7) is 4.48. The molecule has 3 aromatic rings. The molecule has 0 bridgehead atoms. The average Bonchev–Trinajstić information content (AvgIpc) is 3.21. The van der Waals surface area contributed by atoms with Crippen molar-refractivity contribution in [3.63, 3.8) is 0 Å². The number of hydrogen-bond acceptors (Lipinski definition) is 6. The summed E-state index contributed by atoms with van der Waals surface area (Å²) >= 11 is 0. The van der Waals surface area contributed by atoms with Crippen LogP contribution in [0.3, 0.4) is 0 Å². The molecule has 0 radical (unpaired) electrons. The van der Waals surface area contributed by atoms with E-state index in [1.165, 1.54) is 19.5 Å². The summed E-state index contributed by atoms with van der Waals surface area (Å²) in [5, 5.41) is 5.99. The molecule has 170 valence electrons. The Hall–Kier alpha value is -2.72. The number of likely N-dealkylation sites (tertiary alicyclic amines) is 1. The molecule has 32 heavy (non-hydrogen) atoms. The number of nitrogens with two attached hydrogens (primary N) is 1. The van der Waals surface area contributed by atoms with Crippen LogP contribution in [0, 0.1) is 6.92 Å². The Morgan fingerprint density at radius 2 is 2.03 bits per heavy atom. The van der Waals surface area contributed by atoms with Crippen molar-refractivity contribution >= 4 is 32.4 Å². The van der Waals surface area contributed by atoms with Gasteiger partial charge in [-0.25, -0.2) is 5.84 Å². The number of rotatable bonds is 7. The number of hydrogen-bond donors (Lipinski definition) is 2.